The van der Waals surface area contributed by atoms with Crippen molar-refractivity contribution in [1.82, 2.24) is 9.78 Å². The first-order chi connectivity index (χ1) is 7.09. The summed E-state index contributed by atoms with van der Waals surface area (Å²) in [6.45, 7) is 4.14. The number of aryl methyl sites for hydroxylation is 2. The van der Waals surface area contributed by atoms with Gasteiger partial charge >= 0.3 is 0 Å². The second-order valence-electron chi connectivity index (χ2n) is 3.84. The van der Waals surface area contributed by atoms with Crippen LogP contribution in [0.5, 0.6) is 0 Å². The highest BCUT2D eigenvalue weighted by atomic mass is 15.3. The Labute approximate surface area is 89.5 Å². The summed E-state index contributed by atoms with van der Waals surface area (Å²) in [6, 6.07) is 5.96. The van der Waals surface area contributed by atoms with Crippen LogP contribution in [0.1, 0.15) is 11.3 Å². The van der Waals surface area contributed by atoms with Crippen molar-refractivity contribution in [3.63, 3.8) is 0 Å². The molecule has 1 aromatic heterocycles. The summed E-state index contributed by atoms with van der Waals surface area (Å²) >= 11 is 0. The number of hydrogen-bond donors (Lipinski definition) is 1. The molecule has 0 unspecified atom stereocenters. The molecule has 15 heavy (non-hydrogen) atoms. The fourth-order valence-corrected chi connectivity index (χ4v) is 1.75. The van der Waals surface area contributed by atoms with Crippen molar-refractivity contribution in [3.8, 4) is 11.1 Å². The molecule has 1 aromatic carbocycles. The van der Waals surface area contributed by atoms with E-state index in [-0.39, 0.29) is 0 Å². The van der Waals surface area contributed by atoms with Crippen LogP contribution in [0.15, 0.2) is 24.4 Å². The lowest BCUT2D eigenvalue weighted by molar-refractivity contribution is 0.740. The second-order valence-corrected chi connectivity index (χ2v) is 3.84. The number of rotatable bonds is 1. The lowest BCUT2D eigenvalue weighted by Crippen LogP contribution is -1.93. The van der Waals surface area contributed by atoms with E-state index in [1.165, 1.54) is 22.4 Å². The SMILES string of the molecule is Cc1cc(N)ccc1-c1cnn(C)c1C. The summed E-state index contributed by atoms with van der Waals surface area (Å²) in [6.07, 6.45) is 1.90. The zero-order chi connectivity index (χ0) is 11.0. The molecule has 0 amide bonds. The molecule has 3 nitrogen and oxygen atoms in total. The minimum absolute atomic E-state index is 0.804. The minimum Gasteiger partial charge on any atom is -0.399 e. The van der Waals surface area contributed by atoms with Crippen molar-refractivity contribution in [2.75, 3.05) is 5.73 Å². The molecule has 0 aliphatic rings. The van der Waals surface area contributed by atoms with Crippen molar-refractivity contribution in [1.29, 1.82) is 0 Å². The van der Waals surface area contributed by atoms with E-state index in [9.17, 15) is 0 Å². The van der Waals surface area contributed by atoms with Crippen molar-refractivity contribution in [2.24, 2.45) is 7.05 Å². The van der Waals surface area contributed by atoms with Gasteiger partial charge in [0.1, 0.15) is 0 Å². The number of nitrogens with zero attached hydrogens (tertiary/aromatic N) is 2. The lowest BCUT2D eigenvalue weighted by atomic mass is 10.0. The Morgan fingerprint density at radius 3 is 2.47 bits per heavy atom. The van der Waals surface area contributed by atoms with Crippen LogP contribution < -0.4 is 5.73 Å². The van der Waals surface area contributed by atoms with Gasteiger partial charge in [-0.1, -0.05) is 6.07 Å². The first kappa shape index (κ1) is 9.77. The average Bonchev–Trinajstić information content (AvgIpc) is 2.49. The number of anilines is 1. The smallest absolute Gasteiger partial charge is 0.0571 e. The lowest BCUT2D eigenvalue weighted by Gasteiger charge is -2.06. The van der Waals surface area contributed by atoms with Gasteiger partial charge in [-0.25, -0.2) is 0 Å². The number of nitrogen functional groups attached to an aromatic ring is 1. The van der Waals surface area contributed by atoms with Crippen LogP contribution in [-0.2, 0) is 7.05 Å². The Balaban J connectivity index is 2.59. The maximum Gasteiger partial charge on any atom is 0.0571 e. The Bertz CT molecular complexity index is 498. The average molecular weight is 201 g/mol. The number of benzene rings is 1. The van der Waals surface area contributed by atoms with Crippen LogP contribution >= 0.6 is 0 Å². The predicted octanol–water partition coefficient (Wildman–Crippen LogP) is 2.29. The van der Waals surface area contributed by atoms with E-state index in [1.807, 2.05) is 30.1 Å². The van der Waals surface area contributed by atoms with E-state index in [4.69, 9.17) is 5.73 Å². The predicted molar refractivity (Wildman–Crippen MR) is 62.5 cm³/mol. The summed E-state index contributed by atoms with van der Waals surface area (Å²) in [5.74, 6) is 0. The van der Waals surface area contributed by atoms with Crippen molar-refractivity contribution in [3.05, 3.63) is 35.7 Å². The van der Waals surface area contributed by atoms with E-state index < -0.39 is 0 Å². The molecule has 0 aliphatic carbocycles. The zero-order valence-electron chi connectivity index (χ0n) is 9.28. The van der Waals surface area contributed by atoms with Crippen molar-refractivity contribution < 1.29 is 0 Å². The van der Waals surface area contributed by atoms with Gasteiger partial charge in [0.25, 0.3) is 0 Å². The van der Waals surface area contributed by atoms with Gasteiger partial charge in [0.05, 0.1) is 6.20 Å². The maximum absolute atomic E-state index is 5.73. The van der Waals surface area contributed by atoms with E-state index in [0.717, 1.165) is 5.69 Å². The Morgan fingerprint density at radius 2 is 1.93 bits per heavy atom. The summed E-state index contributed by atoms with van der Waals surface area (Å²) in [5, 5.41) is 4.24. The van der Waals surface area contributed by atoms with Gasteiger partial charge in [-0.3, -0.25) is 4.68 Å². The van der Waals surface area contributed by atoms with Crippen LogP contribution in [0, 0.1) is 13.8 Å². The highest BCUT2D eigenvalue weighted by Crippen LogP contribution is 2.27. The summed E-state index contributed by atoms with van der Waals surface area (Å²) in [4.78, 5) is 0. The molecule has 1 heterocycles. The first-order valence-corrected chi connectivity index (χ1v) is 4.94. The van der Waals surface area contributed by atoms with Gasteiger partial charge in [0.2, 0.25) is 0 Å². The fourth-order valence-electron chi connectivity index (χ4n) is 1.75. The molecule has 0 radical (unpaired) electrons. The number of nitrogens with two attached hydrogens (primary N) is 1. The molecule has 0 aliphatic heterocycles. The third-order valence-corrected chi connectivity index (χ3v) is 2.78. The minimum atomic E-state index is 0.804. The van der Waals surface area contributed by atoms with Gasteiger partial charge < -0.3 is 5.73 Å². The van der Waals surface area contributed by atoms with Crippen LogP contribution in [0.25, 0.3) is 11.1 Å². The maximum atomic E-state index is 5.73. The summed E-state index contributed by atoms with van der Waals surface area (Å²) < 4.78 is 1.88. The molecule has 3 heteroatoms. The molecular formula is C12H15N3. The van der Waals surface area contributed by atoms with E-state index in [0.29, 0.717) is 0 Å². The third kappa shape index (κ3) is 1.61. The zero-order valence-corrected chi connectivity index (χ0v) is 9.28. The first-order valence-electron chi connectivity index (χ1n) is 4.94. The highest BCUT2D eigenvalue weighted by Gasteiger charge is 2.08. The summed E-state index contributed by atoms with van der Waals surface area (Å²) in [5.41, 5.74) is 11.3. The van der Waals surface area contributed by atoms with Crippen LogP contribution in [0.3, 0.4) is 0 Å². The molecule has 2 rings (SSSR count). The third-order valence-electron chi connectivity index (χ3n) is 2.78. The molecule has 0 fully saturated rings. The second kappa shape index (κ2) is 3.42. The Morgan fingerprint density at radius 1 is 1.20 bits per heavy atom. The van der Waals surface area contributed by atoms with Gasteiger partial charge in [0, 0.05) is 24.0 Å². The van der Waals surface area contributed by atoms with Gasteiger partial charge in [-0.2, -0.15) is 5.10 Å². The van der Waals surface area contributed by atoms with E-state index >= 15 is 0 Å². The molecule has 2 aromatic rings. The molecule has 0 saturated heterocycles. The molecule has 0 saturated carbocycles. The van der Waals surface area contributed by atoms with Gasteiger partial charge in [-0.15, -0.1) is 0 Å². The quantitative estimate of drug-likeness (QED) is 0.719. The molecule has 2 N–H and O–H groups in total. The van der Waals surface area contributed by atoms with Crippen LogP contribution in [0.2, 0.25) is 0 Å². The van der Waals surface area contributed by atoms with Crippen LogP contribution in [-0.4, -0.2) is 9.78 Å². The molecular weight excluding hydrogens is 186 g/mol. The molecule has 0 atom stereocenters. The van der Waals surface area contributed by atoms with Gasteiger partial charge in [-0.05, 0) is 37.1 Å². The normalized spacial score (nSPS) is 10.6. The molecule has 78 valence electrons. The highest BCUT2D eigenvalue weighted by molar-refractivity contribution is 5.70. The monoisotopic (exact) mass is 201 g/mol. The van der Waals surface area contributed by atoms with E-state index in [2.05, 4.69) is 25.0 Å². The van der Waals surface area contributed by atoms with Crippen molar-refractivity contribution >= 4 is 5.69 Å². The Hall–Kier alpha value is -1.77. The Kier molecular flexibility index (Phi) is 2.23. The van der Waals surface area contributed by atoms with Gasteiger partial charge in [0.15, 0.2) is 0 Å². The molecule has 0 bridgehead atoms. The number of hydrogen-bond acceptors (Lipinski definition) is 2. The standard InChI is InChI=1S/C12H15N3/c1-8-6-10(13)4-5-11(8)12-7-14-15(3)9(12)2/h4-7H,13H2,1-3H3. The molecule has 0 spiro atoms. The van der Waals surface area contributed by atoms with E-state index in [1.54, 1.807) is 0 Å². The van der Waals surface area contributed by atoms with Crippen LogP contribution in [0.4, 0.5) is 5.69 Å². The van der Waals surface area contributed by atoms with Crippen molar-refractivity contribution in [2.45, 2.75) is 13.8 Å². The number of aromatic nitrogens is 2. The summed E-state index contributed by atoms with van der Waals surface area (Å²) in [7, 11) is 1.95. The largest absolute Gasteiger partial charge is 0.399 e. The topological polar surface area (TPSA) is 43.8 Å². The fraction of sp³-hybridized carbons (Fsp3) is 0.250.